The molecule has 2 rings (SSSR count). The minimum absolute atomic E-state index is 0.191. The Morgan fingerprint density at radius 1 is 1.16 bits per heavy atom. The van der Waals surface area contributed by atoms with Gasteiger partial charge < -0.3 is 20.3 Å². The first kappa shape index (κ1) is 28.8. The Kier molecular flexibility index (Phi) is 15.5. The van der Waals surface area contributed by atoms with Crippen LogP contribution in [0.25, 0.3) is 0 Å². The molecular formula is C24H41NO5S2. The lowest BCUT2D eigenvalue weighted by molar-refractivity contribution is -0.138. The van der Waals surface area contributed by atoms with Gasteiger partial charge in [0.25, 0.3) is 0 Å². The van der Waals surface area contributed by atoms with Gasteiger partial charge in [-0.1, -0.05) is 58.9 Å². The Labute approximate surface area is 200 Å². The van der Waals surface area contributed by atoms with Crippen LogP contribution >= 0.6 is 11.8 Å². The van der Waals surface area contributed by atoms with E-state index in [4.69, 9.17) is 20.3 Å². The fourth-order valence-electron chi connectivity index (χ4n) is 3.20. The standard InChI is InChI=1S/C18H28O3S.C6H13NO2S/c1-3-4-5-6-7-8-11-22(19)15(2)12-16-9-10-17-18(13-16)21-14-20-17;1-2-10-4-3-5(7)6(8)9/h9-10,13,15H,3-8,11-12,14H2,1-2H3;5H,2-4,7H2,1H3,(H,8,9)/t;5-/m.0/s1. The summed E-state index contributed by atoms with van der Waals surface area (Å²) in [7, 11) is -0.743. The van der Waals surface area contributed by atoms with Crippen molar-refractivity contribution in [3.63, 3.8) is 0 Å². The molecule has 32 heavy (non-hydrogen) atoms. The molecule has 3 atom stereocenters. The SMILES string of the molecule is CCCCCCCCS(=O)C(C)Cc1ccc2c(c1)OCO2.CCSCC[C@H](N)C(=O)O. The largest absolute Gasteiger partial charge is 0.480 e. The fraction of sp³-hybridized carbons (Fsp3) is 0.708. The number of nitrogens with two attached hydrogens (primary N) is 1. The lowest BCUT2D eigenvalue weighted by atomic mass is 10.1. The van der Waals surface area contributed by atoms with Crippen molar-refractivity contribution in [2.45, 2.75) is 83.4 Å². The Bertz CT molecular complexity index is 686. The maximum Gasteiger partial charge on any atom is 0.320 e. The van der Waals surface area contributed by atoms with Gasteiger partial charge in [-0.05, 0) is 48.5 Å². The van der Waals surface area contributed by atoms with Crippen molar-refractivity contribution >= 4 is 28.5 Å². The first-order chi connectivity index (χ1) is 15.4. The van der Waals surface area contributed by atoms with E-state index in [1.165, 1.54) is 37.7 Å². The van der Waals surface area contributed by atoms with Crippen LogP contribution in [-0.2, 0) is 22.0 Å². The van der Waals surface area contributed by atoms with Crippen LogP contribution < -0.4 is 15.2 Å². The van der Waals surface area contributed by atoms with Gasteiger partial charge in [-0.2, -0.15) is 11.8 Å². The van der Waals surface area contributed by atoms with Gasteiger partial charge in [0.1, 0.15) is 6.04 Å². The fourth-order valence-corrected chi connectivity index (χ4v) is 5.18. The molecule has 6 nitrogen and oxygen atoms in total. The number of fused-ring (bicyclic) bond motifs is 1. The number of rotatable bonds is 15. The predicted molar refractivity (Wildman–Crippen MR) is 135 cm³/mol. The maximum atomic E-state index is 12.3. The Morgan fingerprint density at radius 2 is 1.84 bits per heavy atom. The van der Waals surface area contributed by atoms with Crippen LogP contribution in [0, 0.1) is 0 Å². The molecule has 1 aliphatic heterocycles. The summed E-state index contributed by atoms with van der Waals surface area (Å²) in [5.74, 6) is 3.40. The number of aliphatic carboxylic acids is 1. The number of carbonyl (C=O) groups is 1. The van der Waals surface area contributed by atoms with Gasteiger partial charge in [0.2, 0.25) is 6.79 Å². The molecule has 184 valence electrons. The summed E-state index contributed by atoms with van der Waals surface area (Å²) in [6, 6.07) is 5.33. The second-order valence-corrected chi connectivity index (χ2v) is 11.4. The van der Waals surface area contributed by atoms with Gasteiger partial charge in [0, 0.05) is 21.8 Å². The summed E-state index contributed by atoms with van der Waals surface area (Å²) in [5.41, 5.74) is 6.42. The van der Waals surface area contributed by atoms with E-state index in [0.717, 1.165) is 41.6 Å². The smallest absolute Gasteiger partial charge is 0.320 e. The maximum absolute atomic E-state index is 12.3. The van der Waals surface area contributed by atoms with Gasteiger partial charge in [0.05, 0.1) is 0 Å². The van der Waals surface area contributed by atoms with Gasteiger partial charge in [-0.15, -0.1) is 0 Å². The lowest BCUT2D eigenvalue weighted by Gasteiger charge is -2.12. The van der Waals surface area contributed by atoms with Crippen molar-refractivity contribution in [1.82, 2.24) is 0 Å². The first-order valence-electron chi connectivity index (χ1n) is 11.7. The predicted octanol–water partition coefficient (Wildman–Crippen LogP) is 5.00. The molecule has 1 aromatic carbocycles. The number of carboxylic acids is 1. The number of ether oxygens (including phenoxy) is 2. The molecule has 0 saturated carbocycles. The van der Waals surface area contributed by atoms with Crippen molar-refractivity contribution in [3.8, 4) is 11.5 Å². The van der Waals surface area contributed by atoms with Crippen LogP contribution in [0.5, 0.6) is 11.5 Å². The molecule has 2 unspecified atom stereocenters. The van der Waals surface area contributed by atoms with Crippen LogP contribution in [0.15, 0.2) is 18.2 Å². The van der Waals surface area contributed by atoms with Crippen LogP contribution in [-0.4, -0.2) is 50.6 Å². The van der Waals surface area contributed by atoms with Gasteiger partial charge in [-0.25, -0.2) is 0 Å². The van der Waals surface area contributed by atoms with Crippen molar-refractivity contribution in [2.24, 2.45) is 5.73 Å². The van der Waals surface area contributed by atoms with E-state index in [1.807, 2.05) is 25.1 Å². The molecule has 1 aliphatic rings. The van der Waals surface area contributed by atoms with E-state index in [2.05, 4.69) is 13.8 Å². The molecule has 1 aromatic rings. The van der Waals surface area contributed by atoms with E-state index >= 15 is 0 Å². The van der Waals surface area contributed by atoms with E-state index in [1.54, 1.807) is 11.8 Å². The minimum atomic E-state index is -0.906. The number of hydrogen-bond donors (Lipinski definition) is 2. The van der Waals surface area contributed by atoms with Crippen LogP contribution in [0.2, 0.25) is 0 Å². The number of thioether (sulfide) groups is 1. The minimum Gasteiger partial charge on any atom is -0.480 e. The molecule has 0 saturated heterocycles. The zero-order valence-electron chi connectivity index (χ0n) is 19.8. The molecule has 0 radical (unpaired) electrons. The molecule has 0 amide bonds. The van der Waals surface area contributed by atoms with Crippen LogP contribution in [0.4, 0.5) is 0 Å². The second-order valence-electron chi connectivity index (χ2n) is 7.99. The quantitative estimate of drug-likeness (QED) is 0.336. The highest BCUT2D eigenvalue weighted by atomic mass is 32.2. The third kappa shape index (κ3) is 12.1. The summed E-state index contributed by atoms with van der Waals surface area (Å²) in [4.78, 5) is 10.2. The third-order valence-electron chi connectivity index (χ3n) is 5.20. The molecule has 0 fully saturated rings. The molecule has 0 spiro atoms. The number of benzene rings is 1. The van der Waals surface area contributed by atoms with E-state index < -0.39 is 22.8 Å². The highest BCUT2D eigenvalue weighted by Gasteiger charge is 2.16. The zero-order chi connectivity index (χ0) is 23.8. The van der Waals surface area contributed by atoms with Crippen molar-refractivity contribution in [3.05, 3.63) is 23.8 Å². The number of hydrogen-bond acceptors (Lipinski definition) is 6. The average Bonchev–Trinajstić information content (AvgIpc) is 3.24. The van der Waals surface area contributed by atoms with Crippen LogP contribution in [0.1, 0.15) is 71.3 Å². The Morgan fingerprint density at radius 3 is 2.53 bits per heavy atom. The first-order valence-corrected chi connectivity index (χ1v) is 14.2. The molecule has 8 heteroatoms. The Balaban J connectivity index is 0.000000433. The highest BCUT2D eigenvalue weighted by Crippen LogP contribution is 2.33. The Hall–Kier alpha value is -1.25. The molecule has 3 N–H and O–H groups in total. The highest BCUT2D eigenvalue weighted by molar-refractivity contribution is 7.99. The van der Waals surface area contributed by atoms with E-state index in [-0.39, 0.29) is 5.25 Å². The lowest BCUT2D eigenvalue weighted by Crippen LogP contribution is -2.30. The normalized spacial score (nSPS) is 14.9. The molecule has 1 heterocycles. The molecule has 0 bridgehead atoms. The van der Waals surface area contributed by atoms with Crippen molar-refractivity contribution in [2.75, 3.05) is 24.1 Å². The van der Waals surface area contributed by atoms with Gasteiger partial charge in [-0.3, -0.25) is 9.00 Å². The molecular weight excluding hydrogens is 446 g/mol. The molecule has 0 aliphatic carbocycles. The van der Waals surface area contributed by atoms with Gasteiger partial charge >= 0.3 is 5.97 Å². The van der Waals surface area contributed by atoms with E-state index in [9.17, 15) is 9.00 Å². The number of carboxylic acid groups (broad SMARTS) is 1. The second kappa shape index (κ2) is 17.3. The molecule has 0 aromatic heterocycles. The zero-order valence-corrected chi connectivity index (χ0v) is 21.5. The number of unbranched alkanes of at least 4 members (excludes halogenated alkanes) is 5. The monoisotopic (exact) mass is 487 g/mol. The van der Waals surface area contributed by atoms with Crippen molar-refractivity contribution in [1.29, 1.82) is 0 Å². The van der Waals surface area contributed by atoms with Crippen molar-refractivity contribution < 1.29 is 23.6 Å². The average molecular weight is 488 g/mol. The van der Waals surface area contributed by atoms with E-state index in [0.29, 0.717) is 13.2 Å². The van der Waals surface area contributed by atoms with Crippen LogP contribution in [0.3, 0.4) is 0 Å². The summed E-state index contributed by atoms with van der Waals surface area (Å²) >= 11 is 1.71. The summed E-state index contributed by atoms with van der Waals surface area (Å²) < 4.78 is 23.0. The van der Waals surface area contributed by atoms with Gasteiger partial charge in [0.15, 0.2) is 11.5 Å². The third-order valence-corrected chi connectivity index (χ3v) is 7.89. The topological polar surface area (TPSA) is 98.9 Å². The summed E-state index contributed by atoms with van der Waals surface area (Å²) in [5, 5.41) is 8.54. The summed E-state index contributed by atoms with van der Waals surface area (Å²) in [6.45, 7) is 6.65. The summed E-state index contributed by atoms with van der Waals surface area (Å²) in [6.07, 6.45) is 8.89.